The summed E-state index contributed by atoms with van der Waals surface area (Å²) in [4.78, 5) is 32.7. The summed E-state index contributed by atoms with van der Waals surface area (Å²) < 4.78 is 56.1. The Hall–Kier alpha value is -5.88. The number of halogens is 2. The molecular formula is C43H42Cl2N6O8S2. The van der Waals surface area contributed by atoms with Gasteiger partial charge >= 0.3 is 0 Å². The number of nitrogens with zero attached hydrogens (tertiary/aromatic N) is 4. The topological polar surface area (TPSA) is 199 Å². The van der Waals surface area contributed by atoms with Gasteiger partial charge in [-0.05, 0) is 103 Å². The van der Waals surface area contributed by atoms with Crippen LogP contribution >= 0.6 is 23.2 Å². The molecule has 6 aromatic rings. The minimum Gasteiger partial charge on any atom is -0.395 e. The third-order valence-corrected chi connectivity index (χ3v) is 12.8. The fourth-order valence-corrected chi connectivity index (χ4v) is 8.69. The molecular weight excluding hydrogens is 864 g/mol. The number of hydrogen-bond donors (Lipinski definition) is 4. The number of hydrogen-bond acceptors (Lipinski definition) is 10. The quantitative estimate of drug-likeness (QED) is 0.0881. The highest BCUT2D eigenvalue weighted by atomic mass is 35.5. The molecule has 2 aromatic heterocycles. The van der Waals surface area contributed by atoms with Gasteiger partial charge in [-0.15, -0.1) is 0 Å². The van der Waals surface area contributed by atoms with Crippen molar-refractivity contribution in [2.45, 2.75) is 35.8 Å². The number of nitrogens with one attached hydrogen (secondary N) is 2. The standard InChI is InChI=1S/C22H22ClN3O4S.C21H20ClN3O4S/c1-16(15-27)25-22(28)18-4-2-5-20(12-18)26(14-17-7-9-19(23)10-8-17)31(29,30)21-6-3-11-24-13-21;22-18-8-6-16(7-9-18)15-25(30(28,29)20-5-2-10-23-14-20)19-4-1-3-17(13-19)21(27)24-11-12-26/h2-13,16,27H,14-15H2,1H3,(H,25,28);1-10,13-14,26H,11-12,15H2,(H,24,27). The van der Waals surface area contributed by atoms with E-state index in [0.717, 1.165) is 11.1 Å². The third kappa shape index (κ3) is 12.6. The second-order valence-electron chi connectivity index (χ2n) is 13.3. The van der Waals surface area contributed by atoms with Crippen molar-refractivity contribution in [3.8, 4) is 0 Å². The summed E-state index contributed by atoms with van der Waals surface area (Å²) in [6.07, 6.45) is 5.55. The monoisotopic (exact) mass is 904 g/mol. The molecule has 0 saturated carbocycles. The summed E-state index contributed by atoms with van der Waals surface area (Å²) >= 11 is 11.9. The van der Waals surface area contributed by atoms with Crippen LogP contribution in [-0.4, -0.2) is 74.6 Å². The van der Waals surface area contributed by atoms with E-state index in [1.807, 2.05) is 0 Å². The molecule has 0 aliphatic heterocycles. The van der Waals surface area contributed by atoms with E-state index in [1.165, 1.54) is 57.7 Å². The molecule has 61 heavy (non-hydrogen) atoms. The minimum absolute atomic E-state index is 0.0342. The second-order valence-corrected chi connectivity index (χ2v) is 17.9. The van der Waals surface area contributed by atoms with Crippen LogP contribution in [0.3, 0.4) is 0 Å². The number of aliphatic hydroxyl groups is 2. The van der Waals surface area contributed by atoms with Crippen molar-refractivity contribution in [3.05, 3.63) is 178 Å². The lowest BCUT2D eigenvalue weighted by Gasteiger charge is -2.25. The predicted octanol–water partition coefficient (Wildman–Crippen LogP) is 6.09. The van der Waals surface area contributed by atoms with E-state index in [1.54, 1.807) is 104 Å². The van der Waals surface area contributed by atoms with Gasteiger partial charge in [-0.3, -0.25) is 28.2 Å². The Labute approximate surface area is 364 Å². The van der Waals surface area contributed by atoms with Crippen molar-refractivity contribution < 1.29 is 36.6 Å². The Morgan fingerprint density at radius 3 is 1.48 bits per heavy atom. The van der Waals surface area contributed by atoms with Crippen molar-refractivity contribution in [3.63, 3.8) is 0 Å². The molecule has 2 heterocycles. The van der Waals surface area contributed by atoms with Gasteiger partial charge in [0, 0.05) is 58.5 Å². The summed E-state index contributed by atoms with van der Waals surface area (Å²) in [5.41, 5.74) is 2.65. The van der Waals surface area contributed by atoms with Crippen LogP contribution in [0.2, 0.25) is 10.0 Å². The van der Waals surface area contributed by atoms with Gasteiger partial charge in [0.1, 0.15) is 9.79 Å². The normalized spacial score (nSPS) is 11.7. The number of amides is 2. The van der Waals surface area contributed by atoms with Crippen LogP contribution in [0.15, 0.2) is 156 Å². The highest BCUT2D eigenvalue weighted by Gasteiger charge is 2.28. The van der Waals surface area contributed by atoms with Gasteiger partial charge in [-0.1, -0.05) is 59.6 Å². The zero-order valence-corrected chi connectivity index (χ0v) is 35.8. The first-order valence-electron chi connectivity index (χ1n) is 18.6. The number of benzene rings is 4. The van der Waals surface area contributed by atoms with Crippen LogP contribution in [0, 0.1) is 0 Å². The molecule has 0 aliphatic carbocycles. The Morgan fingerprint density at radius 2 is 1.08 bits per heavy atom. The molecule has 18 heteroatoms. The number of aromatic nitrogens is 2. The van der Waals surface area contributed by atoms with Gasteiger partial charge in [0.15, 0.2) is 0 Å². The average Bonchev–Trinajstić information content (AvgIpc) is 3.28. The second kappa shape index (κ2) is 21.6. The highest BCUT2D eigenvalue weighted by Crippen LogP contribution is 2.29. The summed E-state index contributed by atoms with van der Waals surface area (Å²) in [7, 11) is -7.92. The number of anilines is 2. The third-order valence-electron chi connectivity index (χ3n) is 8.77. The van der Waals surface area contributed by atoms with Crippen molar-refractivity contribution in [1.29, 1.82) is 0 Å². The first-order valence-corrected chi connectivity index (χ1v) is 22.2. The van der Waals surface area contributed by atoms with Crippen molar-refractivity contribution >= 4 is 66.4 Å². The molecule has 1 atom stereocenters. The van der Waals surface area contributed by atoms with Gasteiger partial charge in [0.25, 0.3) is 31.9 Å². The van der Waals surface area contributed by atoms with Crippen LogP contribution in [-0.2, 0) is 33.1 Å². The van der Waals surface area contributed by atoms with Crippen LogP contribution in [0.1, 0.15) is 38.8 Å². The zero-order valence-electron chi connectivity index (χ0n) is 32.7. The first kappa shape index (κ1) is 46.2. The molecule has 0 saturated heterocycles. The van der Waals surface area contributed by atoms with Crippen LogP contribution in [0.4, 0.5) is 11.4 Å². The van der Waals surface area contributed by atoms with E-state index in [-0.39, 0.29) is 53.8 Å². The fraction of sp³-hybridized carbons (Fsp3) is 0.163. The largest absolute Gasteiger partial charge is 0.395 e. The number of sulfonamides is 2. The summed E-state index contributed by atoms with van der Waals surface area (Å²) in [5, 5.41) is 24.4. The van der Waals surface area contributed by atoms with E-state index < -0.39 is 37.9 Å². The van der Waals surface area contributed by atoms with Gasteiger partial charge in [-0.25, -0.2) is 16.8 Å². The Morgan fingerprint density at radius 1 is 0.639 bits per heavy atom. The SMILES string of the molecule is CC(CO)NC(=O)c1cccc(N(Cc2ccc(Cl)cc2)S(=O)(=O)c2cccnc2)c1.O=C(NCCO)c1cccc(N(Cc2ccc(Cl)cc2)S(=O)(=O)c2cccnc2)c1. The lowest BCUT2D eigenvalue weighted by molar-refractivity contribution is 0.0920. The lowest BCUT2D eigenvalue weighted by atomic mass is 10.1. The number of carbonyl (C=O) groups is 2. The Bertz CT molecular complexity index is 2610. The highest BCUT2D eigenvalue weighted by molar-refractivity contribution is 7.93. The van der Waals surface area contributed by atoms with Gasteiger partial charge in [-0.2, -0.15) is 0 Å². The van der Waals surface area contributed by atoms with E-state index in [4.69, 9.17) is 28.3 Å². The maximum atomic E-state index is 13.4. The van der Waals surface area contributed by atoms with Crippen molar-refractivity contribution in [1.82, 2.24) is 20.6 Å². The number of rotatable bonds is 16. The molecule has 1 unspecified atom stereocenters. The van der Waals surface area contributed by atoms with Gasteiger partial charge in [0.2, 0.25) is 0 Å². The summed E-state index contributed by atoms with van der Waals surface area (Å²) in [5.74, 6) is -0.815. The Balaban J connectivity index is 0.000000231. The molecule has 4 aromatic carbocycles. The summed E-state index contributed by atoms with van der Waals surface area (Å²) in [6, 6.07) is 31.9. The molecule has 318 valence electrons. The smallest absolute Gasteiger partial charge is 0.266 e. The molecule has 0 spiro atoms. The Kier molecular flexibility index (Phi) is 16.3. The molecule has 0 bridgehead atoms. The maximum Gasteiger partial charge on any atom is 0.266 e. The molecule has 4 N–H and O–H groups in total. The van der Waals surface area contributed by atoms with Crippen LogP contribution < -0.4 is 19.2 Å². The van der Waals surface area contributed by atoms with Crippen LogP contribution in [0.25, 0.3) is 0 Å². The molecule has 0 aliphatic rings. The molecule has 0 fully saturated rings. The predicted molar refractivity (Wildman–Crippen MR) is 234 cm³/mol. The molecule has 6 rings (SSSR count). The van der Waals surface area contributed by atoms with E-state index in [9.17, 15) is 31.5 Å². The zero-order chi connectivity index (χ0) is 44.0. The first-order chi connectivity index (χ1) is 29.2. The van der Waals surface area contributed by atoms with Gasteiger partial charge < -0.3 is 20.8 Å². The number of carbonyl (C=O) groups excluding carboxylic acids is 2. The molecule has 2 amide bonds. The van der Waals surface area contributed by atoms with Crippen molar-refractivity contribution in [2.24, 2.45) is 0 Å². The maximum absolute atomic E-state index is 13.4. The molecule has 14 nitrogen and oxygen atoms in total. The van der Waals surface area contributed by atoms with Gasteiger partial charge in [0.05, 0.1) is 37.7 Å². The minimum atomic E-state index is -3.97. The van der Waals surface area contributed by atoms with E-state index >= 15 is 0 Å². The average molecular weight is 906 g/mol. The number of pyridine rings is 2. The van der Waals surface area contributed by atoms with E-state index in [2.05, 4.69) is 20.6 Å². The summed E-state index contributed by atoms with van der Waals surface area (Å²) in [6.45, 7) is 1.45. The van der Waals surface area contributed by atoms with E-state index in [0.29, 0.717) is 21.4 Å². The molecule has 0 radical (unpaired) electrons. The van der Waals surface area contributed by atoms with Crippen molar-refractivity contribution in [2.75, 3.05) is 28.4 Å². The fourth-order valence-electron chi connectivity index (χ4n) is 5.62. The number of aliphatic hydroxyl groups excluding tert-OH is 2. The van der Waals surface area contributed by atoms with Crippen LogP contribution in [0.5, 0.6) is 0 Å². The lowest BCUT2D eigenvalue weighted by Crippen LogP contribution is -2.35.